The summed E-state index contributed by atoms with van der Waals surface area (Å²) in [6, 6.07) is 5.38. The Hall–Kier alpha value is -4.37. The summed E-state index contributed by atoms with van der Waals surface area (Å²) in [5, 5.41) is 6.39. The Morgan fingerprint density at radius 3 is 2.67 bits per heavy atom. The molecule has 2 aliphatic heterocycles. The number of carbonyl (C=O) groups is 1. The Balaban J connectivity index is 1.16. The van der Waals surface area contributed by atoms with E-state index in [-0.39, 0.29) is 11.4 Å². The van der Waals surface area contributed by atoms with Gasteiger partial charge in [-0.3, -0.25) is 24.4 Å². The average Bonchev–Trinajstić information content (AvgIpc) is 3.71. The zero-order valence-corrected chi connectivity index (χ0v) is 21.8. The molecule has 1 aromatic carbocycles. The molecule has 0 spiro atoms. The number of benzene rings is 1. The Bertz CT molecular complexity index is 1630. The second-order valence-electron chi connectivity index (χ2n) is 10.1. The van der Waals surface area contributed by atoms with E-state index in [9.17, 15) is 9.59 Å². The fourth-order valence-corrected chi connectivity index (χ4v) is 5.28. The number of aromatic nitrogens is 3. The van der Waals surface area contributed by atoms with Crippen LogP contribution in [0.25, 0.3) is 15.7 Å². The molecule has 3 aromatic rings. The average molecular weight is 530 g/mol. The lowest BCUT2D eigenvalue weighted by molar-refractivity contribution is 0.0935. The van der Waals surface area contributed by atoms with Crippen LogP contribution in [-0.2, 0) is 13.1 Å². The predicted octanol–water partition coefficient (Wildman–Crippen LogP) is 2.81. The van der Waals surface area contributed by atoms with Gasteiger partial charge < -0.3 is 10.2 Å². The van der Waals surface area contributed by atoms with Crippen LogP contribution in [0.3, 0.4) is 0 Å². The number of halogens is 1. The Labute approximate surface area is 224 Å². The fraction of sp³-hybridized carbons (Fsp3) is 0.407. The van der Waals surface area contributed by atoms with Gasteiger partial charge in [-0.2, -0.15) is 4.98 Å². The smallest absolute Gasteiger partial charge is 0.349 e. The second-order valence-corrected chi connectivity index (χ2v) is 10.1. The SMILES string of the molecule is [C-]#[N+]C1(NC(=O)c2ccc(N3CCN(Cc4cc5c6c(n(CC)c(=O)nc6c4F)N=CN5)CC3)c(C)n2)CC1. The van der Waals surface area contributed by atoms with E-state index in [1.165, 1.54) is 10.9 Å². The Kier molecular flexibility index (Phi) is 6.03. The molecule has 0 unspecified atom stereocenters. The van der Waals surface area contributed by atoms with Gasteiger partial charge in [0.1, 0.15) is 17.0 Å². The number of hydrogen-bond acceptors (Lipinski definition) is 8. The summed E-state index contributed by atoms with van der Waals surface area (Å²) in [5.74, 6) is -0.390. The summed E-state index contributed by atoms with van der Waals surface area (Å²) in [5.41, 5.74) is 1.95. The van der Waals surface area contributed by atoms with Crippen molar-refractivity contribution in [2.24, 2.45) is 4.99 Å². The highest BCUT2D eigenvalue weighted by Crippen LogP contribution is 2.37. The molecule has 1 amide bonds. The molecule has 0 bridgehead atoms. The van der Waals surface area contributed by atoms with Gasteiger partial charge in [-0.25, -0.2) is 25.7 Å². The molecule has 2 fully saturated rings. The van der Waals surface area contributed by atoms with Crippen LogP contribution in [0.15, 0.2) is 28.0 Å². The topological polar surface area (TPSA) is 112 Å². The van der Waals surface area contributed by atoms with Gasteiger partial charge in [0.2, 0.25) is 0 Å². The fourth-order valence-electron chi connectivity index (χ4n) is 5.28. The number of anilines is 2. The monoisotopic (exact) mass is 529 g/mol. The van der Waals surface area contributed by atoms with E-state index >= 15 is 4.39 Å². The molecule has 0 atom stereocenters. The number of nitrogens with zero attached hydrogens (tertiary/aromatic N) is 7. The number of pyridine rings is 1. The maximum Gasteiger partial charge on any atom is 0.349 e. The van der Waals surface area contributed by atoms with Crippen LogP contribution in [0.4, 0.5) is 21.6 Å². The highest BCUT2D eigenvalue weighted by Gasteiger charge is 2.52. The number of piperazine rings is 1. The van der Waals surface area contributed by atoms with E-state index in [2.05, 4.69) is 40.2 Å². The first-order valence-corrected chi connectivity index (χ1v) is 13.0. The first kappa shape index (κ1) is 24.9. The van der Waals surface area contributed by atoms with Crippen LogP contribution in [0, 0.1) is 19.3 Å². The van der Waals surface area contributed by atoms with Crippen molar-refractivity contribution in [2.75, 3.05) is 36.4 Å². The first-order chi connectivity index (χ1) is 18.8. The summed E-state index contributed by atoms with van der Waals surface area (Å²) < 4.78 is 17.0. The van der Waals surface area contributed by atoms with Crippen LogP contribution < -0.4 is 21.2 Å². The maximum absolute atomic E-state index is 15.6. The molecular weight excluding hydrogens is 501 g/mol. The number of aryl methyl sites for hydroxylation is 1. The van der Waals surface area contributed by atoms with Crippen molar-refractivity contribution >= 4 is 40.3 Å². The normalized spacial score (nSPS) is 17.5. The lowest BCUT2D eigenvalue weighted by Gasteiger charge is -2.36. The van der Waals surface area contributed by atoms with Gasteiger partial charge in [0.05, 0.1) is 41.6 Å². The van der Waals surface area contributed by atoms with E-state index in [0.29, 0.717) is 80.3 Å². The van der Waals surface area contributed by atoms with E-state index in [1.54, 1.807) is 12.1 Å². The first-order valence-electron chi connectivity index (χ1n) is 13.0. The van der Waals surface area contributed by atoms with Crippen LogP contribution in [0.5, 0.6) is 0 Å². The van der Waals surface area contributed by atoms with Gasteiger partial charge in [0.25, 0.3) is 5.91 Å². The molecule has 3 aliphatic rings. The molecule has 0 radical (unpaired) electrons. The summed E-state index contributed by atoms with van der Waals surface area (Å²) in [7, 11) is 0. The van der Waals surface area contributed by atoms with Crippen molar-refractivity contribution < 1.29 is 9.18 Å². The molecule has 6 rings (SSSR count). The van der Waals surface area contributed by atoms with Crippen LogP contribution >= 0.6 is 0 Å². The molecule has 39 heavy (non-hydrogen) atoms. The van der Waals surface area contributed by atoms with E-state index in [1.807, 2.05) is 19.9 Å². The van der Waals surface area contributed by atoms with Gasteiger partial charge in [0.15, 0.2) is 5.82 Å². The standard InChI is InChI=1S/C27H28FN9O2/c1-4-37-24-21-19(30-15-31-24)13-17(22(28)23(21)33-26(37)39)14-35-9-11-36(12-10-35)20-6-5-18(32-16(20)2)25(38)34-27(29-3)7-8-27/h5-6,13,15H,4,7-12,14H2,1-2H3,(H,30,31)(H,34,38). The van der Waals surface area contributed by atoms with Crippen LogP contribution in [0.2, 0.25) is 0 Å². The largest absolute Gasteiger partial charge is 0.368 e. The molecule has 12 heteroatoms. The lowest BCUT2D eigenvalue weighted by atomic mass is 10.1. The highest BCUT2D eigenvalue weighted by molar-refractivity contribution is 6.06. The second kappa shape index (κ2) is 9.43. The summed E-state index contributed by atoms with van der Waals surface area (Å²) in [6.45, 7) is 14.6. The Morgan fingerprint density at radius 1 is 1.23 bits per heavy atom. The van der Waals surface area contributed by atoms with Gasteiger partial charge in [0, 0.05) is 44.8 Å². The minimum atomic E-state index is -0.749. The molecule has 1 aliphatic carbocycles. The van der Waals surface area contributed by atoms with E-state index < -0.39 is 17.2 Å². The van der Waals surface area contributed by atoms with Crippen molar-refractivity contribution in [3.05, 3.63) is 62.9 Å². The number of hydrogen-bond donors (Lipinski definition) is 2. The minimum absolute atomic E-state index is 0.0463. The number of carbonyl (C=O) groups excluding carboxylic acids is 1. The molecule has 4 heterocycles. The van der Waals surface area contributed by atoms with Gasteiger partial charge in [-0.1, -0.05) is 0 Å². The summed E-state index contributed by atoms with van der Waals surface area (Å²) >= 11 is 0. The molecular formula is C27H28FN9O2. The van der Waals surface area contributed by atoms with Crippen molar-refractivity contribution in [1.29, 1.82) is 0 Å². The van der Waals surface area contributed by atoms with Crippen molar-refractivity contribution in [2.45, 2.75) is 45.4 Å². The van der Waals surface area contributed by atoms with Gasteiger partial charge >= 0.3 is 11.4 Å². The molecule has 1 saturated heterocycles. The zero-order valence-electron chi connectivity index (χ0n) is 21.8. The Morgan fingerprint density at radius 2 is 2.00 bits per heavy atom. The third-order valence-corrected chi connectivity index (χ3v) is 7.64. The zero-order chi connectivity index (χ0) is 27.3. The molecule has 2 N–H and O–H groups in total. The number of nitrogens with one attached hydrogen (secondary N) is 2. The van der Waals surface area contributed by atoms with Crippen LogP contribution in [-0.4, -0.2) is 63.5 Å². The third-order valence-electron chi connectivity index (χ3n) is 7.64. The summed E-state index contributed by atoms with van der Waals surface area (Å²) in [4.78, 5) is 45.8. The minimum Gasteiger partial charge on any atom is -0.368 e. The number of rotatable bonds is 6. The quantitative estimate of drug-likeness (QED) is 0.473. The van der Waals surface area contributed by atoms with Gasteiger partial charge in [-0.05, 0) is 32.0 Å². The van der Waals surface area contributed by atoms with Crippen molar-refractivity contribution in [3.63, 3.8) is 0 Å². The highest BCUT2D eigenvalue weighted by atomic mass is 19.1. The van der Waals surface area contributed by atoms with E-state index in [0.717, 1.165) is 11.4 Å². The molecule has 2 aromatic heterocycles. The number of aliphatic imine (C=N–C) groups is 1. The molecule has 11 nitrogen and oxygen atoms in total. The third kappa shape index (κ3) is 4.38. The van der Waals surface area contributed by atoms with Crippen molar-refractivity contribution in [1.82, 2.24) is 24.8 Å². The summed E-state index contributed by atoms with van der Waals surface area (Å²) in [6.07, 6.45) is 2.87. The van der Waals surface area contributed by atoms with Crippen molar-refractivity contribution in [3.8, 4) is 0 Å². The lowest BCUT2D eigenvalue weighted by Crippen LogP contribution is -2.46. The molecule has 1 saturated carbocycles. The van der Waals surface area contributed by atoms with Gasteiger partial charge in [-0.15, -0.1) is 0 Å². The van der Waals surface area contributed by atoms with E-state index in [4.69, 9.17) is 6.57 Å². The molecule has 200 valence electrons. The maximum atomic E-state index is 15.6. The number of amides is 1. The van der Waals surface area contributed by atoms with Crippen LogP contribution in [0.1, 0.15) is 41.5 Å². The predicted molar refractivity (Wildman–Crippen MR) is 146 cm³/mol.